The SMILES string of the molecule is CCOC(=O)N1CCC(NC(N)=NCc2ccnc(Oc3ccc(OCC)cc3)c2)CC1.I. The van der Waals surface area contributed by atoms with E-state index < -0.39 is 0 Å². The molecule has 0 saturated carbocycles. The number of carbonyl (C=O) groups is 1. The summed E-state index contributed by atoms with van der Waals surface area (Å²) in [5, 5.41) is 3.24. The van der Waals surface area contributed by atoms with E-state index in [0.29, 0.717) is 50.4 Å². The van der Waals surface area contributed by atoms with E-state index >= 15 is 0 Å². The second kappa shape index (κ2) is 13.7. The summed E-state index contributed by atoms with van der Waals surface area (Å²) in [5.41, 5.74) is 7.00. The number of hydrogen-bond donors (Lipinski definition) is 2. The second-order valence-corrected chi connectivity index (χ2v) is 7.31. The molecule has 1 saturated heterocycles. The Balaban J connectivity index is 0.00000385. The highest BCUT2D eigenvalue weighted by Gasteiger charge is 2.23. The third kappa shape index (κ3) is 8.60. The number of piperidine rings is 1. The summed E-state index contributed by atoms with van der Waals surface area (Å²) < 4.78 is 16.3. The minimum Gasteiger partial charge on any atom is -0.494 e. The average molecular weight is 569 g/mol. The van der Waals surface area contributed by atoms with E-state index in [9.17, 15) is 4.79 Å². The van der Waals surface area contributed by atoms with Gasteiger partial charge in [-0.15, -0.1) is 24.0 Å². The molecule has 0 radical (unpaired) electrons. The van der Waals surface area contributed by atoms with Crippen molar-refractivity contribution in [3.05, 3.63) is 48.2 Å². The van der Waals surface area contributed by atoms with Crippen LogP contribution >= 0.6 is 24.0 Å². The van der Waals surface area contributed by atoms with E-state index in [4.69, 9.17) is 19.9 Å². The summed E-state index contributed by atoms with van der Waals surface area (Å²) in [7, 11) is 0. The van der Waals surface area contributed by atoms with Gasteiger partial charge in [0.2, 0.25) is 5.88 Å². The Labute approximate surface area is 211 Å². The van der Waals surface area contributed by atoms with Crippen LogP contribution in [-0.4, -0.2) is 54.3 Å². The number of likely N-dealkylation sites (tertiary alicyclic amines) is 1. The number of aliphatic imine (C=N–C) groups is 1. The number of pyridine rings is 1. The van der Waals surface area contributed by atoms with E-state index in [1.165, 1.54) is 0 Å². The molecule has 0 aliphatic carbocycles. The van der Waals surface area contributed by atoms with Crippen molar-refractivity contribution in [2.45, 2.75) is 39.3 Å². The number of nitrogens with one attached hydrogen (secondary N) is 1. The zero-order valence-electron chi connectivity index (χ0n) is 19.0. The maximum absolute atomic E-state index is 11.8. The molecule has 0 bridgehead atoms. The lowest BCUT2D eigenvalue weighted by Crippen LogP contribution is -2.48. The Hall–Kier alpha value is -2.76. The van der Waals surface area contributed by atoms with Crippen molar-refractivity contribution in [3.8, 4) is 17.4 Å². The molecule has 1 amide bonds. The fourth-order valence-corrected chi connectivity index (χ4v) is 3.35. The molecular weight excluding hydrogens is 537 g/mol. The summed E-state index contributed by atoms with van der Waals surface area (Å²) in [6, 6.07) is 11.3. The Morgan fingerprint density at radius 2 is 1.85 bits per heavy atom. The molecule has 0 unspecified atom stereocenters. The molecule has 3 N–H and O–H groups in total. The van der Waals surface area contributed by atoms with E-state index in [1.54, 1.807) is 18.0 Å². The predicted octanol–water partition coefficient (Wildman–Crippen LogP) is 3.92. The Kier molecular flexibility index (Phi) is 11.0. The van der Waals surface area contributed by atoms with Gasteiger partial charge in [-0.3, -0.25) is 0 Å². The van der Waals surface area contributed by atoms with Crippen LogP contribution in [0.5, 0.6) is 17.4 Å². The first-order valence-corrected chi connectivity index (χ1v) is 10.9. The van der Waals surface area contributed by atoms with Gasteiger partial charge >= 0.3 is 6.09 Å². The number of carbonyl (C=O) groups excluding carboxylic acids is 1. The number of halogens is 1. The molecule has 1 aliphatic rings. The monoisotopic (exact) mass is 569 g/mol. The molecule has 2 aromatic rings. The summed E-state index contributed by atoms with van der Waals surface area (Å²) in [6.45, 7) is 6.44. The van der Waals surface area contributed by atoms with Gasteiger partial charge in [0.1, 0.15) is 11.5 Å². The summed E-state index contributed by atoms with van der Waals surface area (Å²) in [4.78, 5) is 22.2. The molecule has 33 heavy (non-hydrogen) atoms. The first kappa shape index (κ1) is 26.5. The van der Waals surface area contributed by atoms with Crippen molar-refractivity contribution in [2.75, 3.05) is 26.3 Å². The molecule has 1 aromatic carbocycles. The number of aromatic nitrogens is 1. The minimum atomic E-state index is -0.256. The van der Waals surface area contributed by atoms with Gasteiger partial charge in [0, 0.05) is 31.4 Å². The number of hydrogen-bond acceptors (Lipinski definition) is 6. The quantitative estimate of drug-likeness (QED) is 0.282. The Bertz CT molecular complexity index is 902. The van der Waals surface area contributed by atoms with Crippen LogP contribution in [0.1, 0.15) is 32.3 Å². The molecular formula is C23H32IN5O4. The first-order chi connectivity index (χ1) is 15.6. The van der Waals surface area contributed by atoms with Crippen LogP contribution in [0.15, 0.2) is 47.6 Å². The van der Waals surface area contributed by atoms with Gasteiger partial charge in [-0.05, 0) is 62.6 Å². The third-order valence-corrected chi connectivity index (χ3v) is 4.96. The van der Waals surface area contributed by atoms with Gasteiger partial charge in [-0.2, -0.15) is 0 Å². The third-order valence-electron chi connectivity index (χ3n) is 4.96. The molecule has 9 nitrogen and oxygen atoms in total. The Morgan fingerprint density at radius 1 is 1.15 bits per heavy atom. The smallest absolute Gasteiger partial charge is 0.409 e. The second-order valence-electron chi connectivity index (χ2n) is 7.31. The van der Waals surface area contributed by atoms with Crippen LogP contribution in [0.2, 0.25) is 0 Å². The minimum absolute atomic E-state index is 0. The zero-order valence-corrected chi connectivity index (χ0v) is 21.4. The van der Waals surface area contributed by atoms with E-state index in [2.05, 4.69) is 15.3 Å². The molecule has 1 aromatic heterocycles. The van der Waals surface area contributed by atoms with E-state index in [-0.39, 0.29) is 36.1 Å². The van der Waals surface area contributed by atoms with Gasteiger partial charge in [0.05, 0.1) is 19.8 Å². The standard InChI is InChI=1S/C23H31N5O4.HI/c1-3-30-19-5-7-20(8-6-19)32-21-15-17(9-12-25-21)16-26-22(24)27-18-10-13-28(14-11-18)23(29)31-4-2;/h5-9,12,15,18H,3-4,10-11,13-14,16H2,1-2H3,(H3,24,26,27);1H. The molecule has 10 heteroatoms. The summed E-state index contributed by atoms with van der Waals surface area (Å²) >= 11 is 0. The van der Waals surface area contributed by atoms with E-state index in [1.807, 2.05) is 43.3 Å². The number of ether oxygens (including phenoxy) is 3. The van der Waals surface area contributed by atoms with Crippen molar-refractivity contribution < 1.29 is 19.0 Å². The van der Waals surface area contributed by atoms with Crippen molar-refractivity contribution in [3.63, 3.8) is 0 Å². The number of nitrogens with zero attached hydrogens (tertiary/aromatic N) is 3. The molecule has 0 atom stereocenters. The maximum Gasteiger partial charge on any atom is 0.409 e. The van der Waals surface area contributed by atoms with Crippen molar-refractivity contribution in [1.29, 1.82) is 0 Å². The van der Waals surface area contributed by atoms with Gasteiger partial charge in [-0.1, -0.05) is 0 Å². The lowest BCUT2D eigenvalue weighted by molar-refractivity contribution is 0.0963. The number of guanidine groups is 1. The van der Waals surface area contributed by atoms with Gasteiger partial charge in [0.15, 0.2) is 5.96 Å². The largest absolute Gasteiger partial charge is 0.494 e. The molecule has 180 valence electrons. The van der Waals surface area contributed by atoms with Crippen LogP contribution < -0.4 is 20.5 Å². The average Bonchev–Trinajstić information content (AvgIpc) is 2.80. The number of benzene rings is 1. The van der Waals surface area contributed by atoms with Crippen LogP contribution in [-0.2, 0) is 11.3 Å². The van der Waals surface area contributed by atoms with E-state index in [0.717, 1.165) is 24.2 Å². The first-order valence-electron chi connectivity index (χ1n) is 10.9. The molecule has 1 aliphatic heterocycles. The molecule has 2 heterocycles. The van der Waals surface area contributed by atoms with Crippen molar-refractivity contribution in [2.24, 2.45) is 10.7 Å². The number of rotatable bonds is 8. The fourth-order valence-electron chi connectivity index (χ4n) is 3.35. The van der Waals surface area contributed by atoms with Crippen LogP contribution in [0.4, 0.5) is 4.79 Å². The molecule has 0 spiro atoms. The highest BCUT2D eigenvalue weighted by molar-refractivity contribution is 14.0. The summed E-state index contributed by atoms with van der Waals surface area (Å²) in [6.07, 6.45) is 3.02. The van der Waals surface area contributed by atoms with Crippen LogP contribution in [0.3, 0.4) is 0 Å². The topological polar surface area (TPSA) is 111 Å². The van der Waals surface area contributed by atoms with Crippen LogP contribution in [0, 0.1) is 0 Å². The number of amides is 1. The Morgan fingerprint density at radius 3 is 2.52 bits per heavy atom. The van der Waals surface area contributed by atoms with Gasteiger partial charge < -0.3 is 30.2 Å². The summed E-state index contributed by atoms with van der Waals surface area (Å²) in [5.74, 6) is 2.34. The lowest BCUT2D eigenvalue weighted by Gasteiger charge is -2.31. The van der Waals surface area contributed by atoms with Crippen molar-refractivity contribution in [1.82, 2.24) is 15.2 Å². The molecule has 1 fully saturated rings. The lowest BCUT2D eigenvalue weighted by atomic mass is 10.1. The highest BCUT2D eigenvalue weighted by atomic mass is 127. The van der Waals surface area contributed by atoms with Crippen LogP contribution in [0.25, 0.3) is 0 Å². The highest BCUT2D eigenvalue weighted by Crippen LogP contribution is 2.23. The predicted molar refractivity (Wildman–Crippen MR) is 137 cm³/mol. The maximum atomic E-state index is 11.8. The van der Waals surface area contributed by atoms with Crippen molar-refractivity contribution >= 4 is 36.0 Å². The number of nitrogens with two attached hydrogens (primary N) is 1. The fraction of sp³-hybridized carbons (Fsp3) is 0.435. The zero-order chi connectivity index (χ0) is 22.8. The van der Waals surface area contributed by atoms with Gasteiger partial charge in [-0.25, -0.2) is 14.8 Å². The van der Waals surface area contributed by atoms with Gasteiger partial charge in [0.25, 0.3) is 0 Å². The molecule has 3 rings (SSSR count). The normalized spacial score (nSPS) is 14.2.